The second kappa shape index (κ2) is 54.9. The summed E-state index contributed by atoms with van der Waals surface area (Å²) in [5, 5.41) is 117. The molecule has 28 heteroatoms. The second-order valence-corrected chi connectivity index (χ2v) is 38.5. The first-order valence-electron chi connectivity index (χ1n) is 49.3. The number of aliphatic hydroxyl groups is 8. The van der Waals surface area contributed by atoms with Gasteiger partial charge in [0.2, 0.25) is 0 Å². The van der Waals surface area contributed by atoms with Crippen molar-refractivity contribution in [1.82, 2.24) is 0 Å². The average molecular weight is 1850 g/mol. The van der Waals surface area contributed by atoms with Crippen molar-refractivity contribution < 1.29 is 138 Å². The van der Waals surface area contributed by atoms with E-state index in [0.717, 1.165) is 176 Å². The molecule has 736 valence electrons. The molecule has 12 rings (SSSR count). The number of rotatable bonds is 50. The molecule has 8 aliphatic rings. The maximum Gasteiger partial charge on any atom is 0.344 e. The number of carbonyl (C=O) groups excluding carboxylic acids is 4. The third-order valence-electron chi connectivity index (χ3n) is 29.2. The van der Waals surface area contributed by atoms with Gasteiger partial charge in [0, 0.05) is 25.7 Å². The Morgan fingerprint density at radius 2 is 0.568 bits per heavy atom. The third kappa shape index (κ3) is 33.5. The normalized spacial score (nSPS) is 25.1. The summed E-state index contributed by atoms with van der Waals surface area (Å²) in [6.45, 7) is 11.3. The summed E-state index contributed by atoms with van der Waals surface area (Å²) in [6.07, 6.45) is 22.3. The van der Waals surface area contributed by atoms with E-state index in [1.54, 1.807) is 6.92 Å². The molecule has 0 amide bonds. The molecule has 0 radical (unpaired) electrons. The van der Waals surface area contributed by atoms with Gasteiger partial charge in [0.05, 0.1) is 74.3 Å². The highest BCUT2D eigenvalue weighted by molar-refractivity contribution is 5.73. The molecule has 4 aromatic rings. The van der Waals surface area contributed by atoms with Crippen LogP contribution >= 0.6 is 0 Å². The van der Waals surface area contributed by atoms with Crippen LogP contribution in [0.4, 0.5) is 0 Å². The van der Waals surface area contributed by atoms with Gasteiger partial charge >= 0.3 is 47.8 Å². The van der Waals surface area contributed by atoms with Crippen LogP contribution in [0.3, 0.4) is 0 Å². The fourth-order valence-electron chi connectivity index (χ4n) is 21.9. The van der Waals surface area contributed by atoms with Crippen molar-refractivity contribution in [2.75, 3.05) is 39.6 Å². The van der Waals surface area contributed by atoms with Gasteiger partial charge in [-0.25, -0.2) is 19.2 Å². The summed E-state index contributed by atoms with van der Waals surface area (Å²) >= 11 is 0. The van der Waals surface area contributed by atoms with Crippen molar-refractivity contribution in [1.29, 1.82) is 0 Å². The Hall–Kier alpha value is -8.48. The topological polar surface area (TPSA) is 453 Å². The first-order chi connectivity index (χ1) is 63.3. The van der Waals surface area contributed by atoms with Crippen LogP contribution in [0, 0.1) is 71.0 Å². The summed E-state index contributed by atoms with van der Waals surface area (Å²) in [5.41, 5.74) is 9.33. The number of carboxylic acid groups (broad SMARTS) is 4. The number of hydrogen-bond acceptors (Lipinski definition) is 24. The molecule has 2 unspecified atom stereocenters. The second-order valence-electron chi connectivity index (χ2n) is 38.5. The number of fused-ring (bicyclic) bond motifs is 8. The van der Waals surface area contributed by atoms with Gasteiger partial charge in [0.15, 0.2) is 26.4 Å². The van der Waals surface area contributed by atoms with Crippen molar-refractivity contribution >= 4 is 47.8 Å². The molecule has 12 N–H and O–H groups in total. The number of carbonyl (C=O) groups is 8. The predicted octanol–water partition coefficient (Wildman–Crippen LogP) is 14.1. The molecule has 4 fully saturated rings. The van der Waals surface area contributed by atoms with E-state index in [9.17, 15) is 79.2 Å². The van der Waals surface area contributed by atoms with Crippen molar-refractivity contribution in [3.63, 3.8) is 0 Å². The van der Waals surface area contributed by atoms with Gasteiger partial charge in [0.25, 0.3) is 0 Å². The fourth-order valence-corrected chi connectivity index (χ4v) is 21.9. The lowest BCUT2D eigenvalue weighted by Crippen LogP contribution is -2.28. The standard InChI is InChI=1S/C27H40O7.2C26H38O7.C25H36O7/c1-3-20(28)11-12-21-22-13-18-8-6-9-25(23(18)14-19(22)15-24(21)29)33-16-27(32)34-17(2)7-4-5-10-26(30)31;1-3-19(27)10-11-20-21-12-17-7-5-8-24(22(17)13-18(21)14-23(20)28)32-15-26(31)33-16(2)6-4-9-25(29)30;1-2-19(27)10-11-20-21-13-17-7-6-8-24(22(17)14-18(21)15-23(20)28)33-16-26(31)32-12-5-3-4-9-25(29)30;1-2-18(26)9-10-19-20-12-16-6-5-7-23(21(16)13-17(20)14-22(19)27)32-15-25(30)31-11-4-3-8-24(28)29/h6,8-9,17,19-22,24,28-29H,3-5,7,10-16H2,1-2H3,(H,30,31);5,7-8,16,18-21,23,27-28H,3-4,6,9-15H2,1-2H3,(H,29,30);6-8,18-21,23,27-28H,2-5,9-16H2,1H3,(H,29,30);5-7,17-20,22,26-27H,2-4,8-15H2,1H3,(H,28,29)/t17?,19-,20-,21+,22-,24+;16?,18-,19-,20+,21-,23+;18-,19-,20+,21-,23+;17-,18-,19+,20-,22+/m0000/s1. The monoisotopic (exact) mass is 1850 g/mol. The Morgan fingerprint density at radius 3 is 0.848 bits per heavy atom. The smallest absolute Gasteiger partial charge is 0.344 e. The minimum atomic E-state index is -0.854. The molecular formula is C104H152O28. The van der Waals surface area contributed by atoms with E-state index < -0.39 is 47.8 Å². The van der Waals surface area contributed by atoms with E-state index in [0.29, 0.717) is 135 Å². The van der Waals surface area contributed by atoms with Crippen molar-refractivity contribution in [3.05, 3.63) is 117 Å². The highest BCUT2D eigenvalue weighted by Gasteiger charge is 2.49. The van der Waals surface area contributed by atoms with Crippen LogP contribution < -0.4 is 18.9 Å². The van der Waals surface area contributed by atoms with E-state index >= 15 is 0 Å². The Morgan fingerprint density at radius 1 is 0.318 bits per heavy atom. The van der Waals surface area contributed by atoms with Crippen LogP contribution in [0.1, 0.15) is 279 Å². The van der Waals surface area contributed by atoms with Gasteiger partial charge < -0.3 is 99.2 Å². The molecular weight excluding hydrogens is 1700 g/mol. The molecule has 0 heterocycles. The molecule has 0 bridgehead atoms. The molecule has 22 atom stereocenters. The van der Waals surface area contributed by atoms with Crippen LogP contribution in [0.15, 0.2) is 72.8 Å². The van der Waals surface area contributed by atoms with Gasteiger partial charge in [-0.1, -0.05) is 76.2 Å². The summed E-state index contributed by atoms with van der Waals surface area (Å²) in [6, 6.07) is 23.7. The maximum absolute atomic E-state index is 12.3. The molecule has 0 spiro atoms. The van der Waals surface area contributed by atoms with Crippen LogP contribution in [-0.2, 0) is 109 Å². The van der Waals surface area contributed by atoms with E-state index in [1.807, 2.05) is 83.1 Å². The van der Waals surface area contributed by atoms with Crippen molar-refractivity contribution in [2.24, 2.45) is 71.0 Å². The predicted molar refractivity (Wildman–Crippen MR) is 492 cm³/mol. The van der Waals surface area contributed by atoms with Crippen LogP contribution in [0.5, 0.6) is 23.0 Å². The van der Waals surface area contributed by atoms with E-state index in [4.69, 9.17) is 58.3 Å². The van der Waals surface area contributed by atoms with Gasteiger partial charge in [-0.2, -0.15) is 0 Å². The lowest BCUT2D eigenvalue weighted by Gasteiger charge is -2.32. The van der Waals surface area contributed by atoms with Crippen LogP contribution in [0.25, 0.3) is 0 Å². The molecule has 8 aliphatic carbocycles. The SMILES string of the molecule is CC[C@H](O)CC[C@@H]1[C@H]2Cc3cccc(OCC(=O)OC(C)CCCC(=O)O)c3C[C@H]2C[C@H]1O.CC[C@H](O)CC[C@@H]1[C@H]2Cc3cccc(OCC(=O)OC(C)CCCCC(=O)O)c3C[C@H]2C[C@H]1O.CC[C@H](O)CC[C@@H]1[C@H]2Cc3cccc(OCC(=O)OCCCCC(=O)O)c3C[C@H]2C[C@H]1O.CC[C@H](O)CC[C@@H]1[C@H]2Cc3cccc(OCC(=O)OCCCCCC(=O)O)c3C[C@H]2C[C@H]1O. The quantitative estimate of drug-likeness (QED) is 0.0111. The zero-order valence-corrected chi connectivity index (χ0v) is 78.6. The number of aliphatic carboxylic acids is 4. The molecule has 4 saturated carbocycles. The van der Waals surface area contributed by atoms with Crippen molar-refractivity contribution in [2.45, 2.75) is 347 Å². The molecule has 132 heavy (non-hydrogen) atoms. The number of unbranched alkanes of at least 4 members (excludes halogenated alkanes) is 4. The largest absolute Gasteiger partial charge is 0.482 e. The van der Waals surface area contributed by atoms with Crippen LogP contribution in [-0.4, -0.2) is 210 Å². The first kappa shape index (κ1) is 107. The Balaban J connectivity index is 0.000000198. The minimum Gasteiger partial charge on any atom is -0.482 e. The number of aliphatic hydroxyl groups excluding tert-OH is 8. The Labute approximate surface area is 779 Å². The number of esters is 4. The zero-order valence-electron chi connectivity index (χ0n) is 78.6. The fraction of sp³-hybridized carbons (Fsp3) is 0.692. The maximum atomic E-state index is 12.3. The highest BCUT2D eigenvalue weighted by atomic mass is 16.6. The van der Waals surface area contributed by atoms with E-state index in [2.05, 4.69) is 24.3 Å². The third-order valence-corrected chi connectivity index (χ3v) is 29.2. The summed E-state index contributed by atoms with van der Waals surface area (Å²) in [7, 11) is 0. The number of hydrogen-bond donors (Lipinski definition) is 12. The Kier molecular flexibility index (Phi) is 44.6. The van der Waals surface area contributed by atoms with Crippen LogP contribution in [0.2, 0.25) is 0 Å². The summed E-state index contributed by atoms with van der Waals surface area (Å²) in [5.74, 6) is 1.75. The van der Waals surface area contributed by atoms with Gasteiger partial charge in [0.1, 0.15) is 23.0 Å². The number of benzene rings is 4. The van der Waals surface area contributed by atoms with E-state index in [-0.39, 0.29) is 150 Å². The Bertz CT molecular complexity index is 4260. The van der Waals surface area contributed by atoms with Gasteiger partial charge in [-0.05, 0) is 372 Å². The number of carboxylic acids is 4. The van der Waals surface area contributed by atoms with Crippen molar-refractivity contribution in [3.8, 4) is 23.0 Å². The van der Waals surface area contributed by atoms with Gasteiger partial charge in [-0.15, -0.1) is 0 Å². The highest BCUT2D eigenvalue weighted by Crippen LogP contribution is 2.53. The lowest BCUT2D eigenvalue weighted by atomic mass is 9.73. The summed E-state index contributed by atoms with van der Waals surface area (Å²) in [4.78, 5) is 90.7. The zero-order chi connectivity index (χ0) is 95.5. The molecule has 0 saturated heterocycles. The number of ether oxygens (including phenoxy) is 8. The molecule has 0 aromatic heterocycles. The average Bonchev–Trinajstić information content (AvgIpc) is 1.63. The summed E-state index contributed by atoms with van der Waals surface area (Å²) < 4.78 is 44.4. The molecule has 4 aromatic carbocycles. The van der Waals surface area contributed by atoms with E-state index in [1.165, 1.54) is 22.3 Å². The first-order valence-corrected chi connectivity index (χ1v) is 49.3. The van der Waals surface area contributed by atoms with Gasteiger partial charge in [-0.3, -0.25) is 19.2 Å². The molecule has 28 nitrogen and oxygen atoms in total. The molecule has 0 aliphatic heterocycles. The minimum absolute atomic E-state index is 0.0610. The lowest BCUT2D eigenvalue weighted by molar-refractivity contribution is -0.152.